The molecule has 0 saturated carbocycles. The molecule has 0 atom stereocenters. The van der Waals surface area contributed by atoms with Crippen LogP contribution in [-0.2, 0) is 17.8 Å². The lowest BCUT2D eigenvalue weighted by Crippen LogP contribution is -2.17. The fraction of sp³-hybridized carbons (Fsp3) is 0.238. The van der Waals surface area contributed by atoms with Gasteiger partial charge < -0.3 is 18.8 Å². The van der Waals surface area contributed by atoms with E-state index >= 15 is 0 Å². The third-order valence-corrected chi connectivity index (χ3v) is 5.28. The summed E-state index contributed by atoms with van der Waals surface area (Å²) in [5.41, 5.74) is 1.80. The van der Waals surface area contributed by atoms with Crippen LogP contribution < -0.4 is 19.0 Å². The summed E-state index contributed by atoms with van der Waals surface area (Å²) in [4.78, 5) is 17.5. The van der Waals surface area contributed by atoms with Gasteiger partial charge >= 0.3 is 0 Å². The minimum absolute atomic E-state index is 0.214. The second-order valence-corrected chi connectivity index (χ2v) is 7.00. The molecule has 0 saturated heterocycles. The van der Waals surface area contributed by atoms with Crippen LogP contribution in [0.4, 0.5) is 0 Å². The number of methoxy groups -OCH3 is 3. The molecule has 2 aromatic carbocycles. The van der Waals surface area contributed by atoms with Crippen LogP contribution in [0.3, 0.4) is 0 Å². The normalized spacial score (nSPS) is 11.5. The number of hydrogen-bond acceptors (Lipinski definition) is 5. The zero-order chi connectivity index (χ0) is 20.1. The van der Waals surface area contributed by atoms with Crippen LogP contribution in [0.1, 0.15) is 5.56 Å². The standard InChI is InChI=1S/C21H22N2O4S/c1-5-10-23-16-12-17(26-3)18(27-4)13-19(16)28-21(23)22-20(24)11-14-6-8-15(25-2)9-7-14/h5-9,12-13H,1,10-11H2,2-4H3. The van der Waals surface area contributed by atoms with E-state index in [4.69, 9.17) is 14.2 Å². The molecule has 0 bridgehead atoms. The maximum atomic E-state index is 12.5. The third-order valence-electron chi connectivity index (χ3n) is 4.23. The molecule has 0 radical (unpaired) electrons. The number of hydrogen-bond donors (Lipinski definition) is 0. The highest BCUT2D eigenvalue weighted by molar-refractivity contribution is 7.16. The van der Waals surface area contributed by atoms with Crippen LogP contribution >= 0.6 is 11.3 Å². The zero-order valence-electron chi connectivity index (χ0n) is 16.1. The largest absolute Gasteiger partial charge is 0.497 e. The Bertz CT molecular complexity index is 1060. The fourth-order valence-corrected chi connectivity index (χ4v) is 3.92. The van der Waals surface area contributed by atoms with Gasteiger partial charge in [-0.2, -0.15) is 4.99 Å². The summed E-state index contributed by atoms with van der Waals surface area (Å²) >= 11 is 1.43. The van der Waals surface area contributed by atoms with Gasteiger partial charge in [0.15, 0.2) is 16.3 Å². The molecule has 7 heteroatoms. The maximum Gasteiger partial charge on any atom is 0.252 e. The first kappa shape index (κ1) is 19.7. The van der Waals surface area contributed by atoms with Crippen molar-refractivity contribution < 1.29 is 19.0 Å². The number of amides is 1. The Hall–Kier alpha value is -3.06. The number of carbonyl (C=O) groups excluding carboxylic acids is 1. The quantitative estimate of drug-likeness (QED) is 0.571. The van der Waals surface area contributed by atoms with E-state index in [0.717, 1.165) is 21.5 Å². The molecular weight excluding hydrogens is 376 g/mol. The number of carbonyl (C=O) groups is 1. The molecule has 0 aliphatic heterocycles. The predicted octanol–water partition coefficient (Wildman–Crippen LogP) is 3.58. The predicted molar refractivity (Wildman–Crippen MR) is 110 cm³/mol. The average Bonchev–Trinajstić information content (AvgIpc) is 3.03. The lowest BCUT2D eigenvalue weighted by atomic mass is 10.1. The molecule has 1 aromatic heterocycles. The minimum Gasteiger partial charge on any atom is -0.497 e. The van der Waals surface area contributed by atoms with Gasteiger partial charge in [0.05, 0.1) is 38.0 Å². The van der Waals surface area contributed by atoms with E-state index in [-0.39, 0.29) is 12.3 Å². The molecule has 0 fully saturated rings. The van der Waals surface area contributed by atoms with Gasteiger partial charge in [0.2, 0.25) is 0 Å². The van der Waals surface area contributed by atoms with E-state index in [1.165, 1.54) is 11.3 Å². The highest BCUT2D eigenvalue weighted by Gasteiger charge is 2.13. The zero-order valence-corrected chi connectivity index (χ0v) is 16.9. The molecule has 1 heterocycles. The Morgan fingerprint density at radius 1 is 1.11 bits per heavy atom. The Kier molecular flexibility index (Phi) is 6.16. The highest BCUT2D eigenvalue weighted by Crippen LogP contribution is 2.33. The molecule has 0 N–H and O–H groups in total. The van der Waals surface area contributed by atoms with Crippen LogP contribution in [0.15, 0.2) is 54.0 Å². The highest BCUT2D eigenvalue weighted by atomic mass is 32.1. The SMILES string of the molecule is C=CCn1c(=NC(=O)Cc2ccc(OC)cc2)sc2cc(OC)c(OC)cc21. The molecule has 0 aliphatic carbocycles. The molecule has 146 valence electrons. The Morgan fingerprint density at radius 3 is 2.39 bits per heavy atom. The van der Waals surface area contributed by atoms with E-state index in [9.17, 15) is 4.79 Å². The second-order valence-electron chi connectivity index (χ2n) is 5.99. The minimum atomic E-state index is -0.214. The number of aromatic nitrogens is 1. The fourth-order valence-electron chi connectivity index (χ4n) is 2.85. The summed E-state index contributed by atoms with van der Waals surface area (Å²) in [7, 11) is 4.80. The molecular formula is C21H22N2O4S. The lowest BCUT2D eigenvalue weighted by molar-refractivity contribution is -0.117. The summed E-state index contributed by atoms with van der Waals surface area (Å²) in [5, 5.41) is 0. The van der Waals surface area contributed by atoms with E-state index in [1.807, 2.05) is 41.0 Å². The number of benzene rings is 2. The molecule has 28 heavy (non-hydrogen) atoms. The van der Waals surface area contributed by atoms with Crippen molar-refractivity contribution in [1.29, 1.82) is 0 Å². The van der Waals surface area contributed by atoms with Crippen molar-refractivity contribution in [3.05, 3.63) is 59.4 Å². The number of rotatable bonds is 7. The van der Waals surface area contributed by atoms with Gasteiger partial charge in [-0.1, -0.05) is 29.5 Å². The Morgan fingerprint density at radius 2 is 1.79 bits per heavy atom. The van der Waals surface area contributed by atoms with Crippen molar-refractivity contribution in [2.75, 3.05) is 21.3 Å². The first-order valence-corrected chi connectivity index (χ1v) is 9.48. The second kappa shape index (κ2) is 8.75. The Labute approximate surface area is 167 Å². The number of allylic oxidation sites excluding steroid dienone is 1. The molecule has 1 amide bonds. The van der Waals surface area contributed by atoms with Gasteiger partial charge in [0, 0.05) is 18.7 Å². The number of ether oxygens (including phenoxy) is 3. The van der Waals surface area contributed by atoms with Gasteiger partial charge in [-0.05, 0) is 17.7 Å². The van der Waals surface area contributed by atoms with Crippen molar-refractivity contribution in [1.82, 2.24) is 4.57 Å². The third kappa shape index (κ3) is 4.09. The van der Waals surface area contributed by atoms with E-state index < -0.39 is 0 Å². The lowest BCUT2D eigenvalue weighted by Gasteiger charge is -2.08. The van der Waals surface area contributed by atoms with Crippen LogP contribution in [0.2, 0.25) is 0 Å². The van der Waals surface area contributed by atoms with Gasteiger partial charge in [0.1, 0.15) is 5.75 Å². The van der Waals surface area contributed by atoms with Crippen LogP contribution in [0.5, 0.6) is 17.2 Å². The van der Waals surface area contributed by atoms with E-state index in [0.29, 0.717) is 22.8 Å². The summed E-state index contributed by atoms with van der Waals surface area (Å²) in [6, 6.07) is 11.2. The van der Waals surface area contributed by atoms with Gasteiger partial charge in [-0.25, -0.2) is 0 Å². The number of nitrogens with zero attached hydrogens (tertiary/aromatic N) is 2. The molecule has 0 aliphatic rings. The smallest absolute Gasteiger partial charge is 0.252 e. The molecule has 3 aromatic rings. The van der Waals surface area contributed by atoms with Crippen LogP contribution in [0.25, 0.3) is 10.2 Å². The number of thiazole rings is 1. The molecule has 0 spiro atoms. The summed E-state index contributed by atoms with van der Waals surface area (Å²) < 4.78 is 18.8. The Balaban J connectivity index is 2.00. The maximum absolute atomic E-state index is 12.5. The van der Waals surface area contributed by atoms with E-state index in [1.54, 1.807) is 27.4 Å². The van der Waals surface area contributed by atoms with Gasteiger partial charge in [-0.15, -0.1) is 6.58 Å². The summed E-state index contributed by atoms with van der Waals surface area (Å²) in [5.74, 6) is 1.80. The van der Waals surface area contributed by atoms with Crippen LogP contribution in [-0.4, -0.2) is 31.8 Å². The molecule has 0 unspecified atom stereocenters. The summed E-state index contributed by atoms with van der Waals surface area (Å²) in [6.07, 6.45) is 1.99. The monoisotopic (exact) mass is 398 g/mol. The van der Waals surface area contributed by atoms with E-state index in [2.05, 4.69) is 11.6 Å². The molecule has 3 rings (SSSR count). The van der Waals surface area contributed by atoms with Crippen molar-refractivity contribution in [2.24, 2.45) is 4.99 Å². The van der Waals surface area contributed by atoms with Crippen LogP contribution in [0, 0.1) is 0 Å². The summed E-state index contributed by atoms with van der Waals surface area (Å²) in [6.45, 7) is 4.34. The average molecular weight is 398 g/mol. The topological polar surface area (TPSA) is 62.1 Å². The van der Waals surface area contributed by atoms with Gasteiger partial charge in [0.25, 0.3) is 5.91 Å². The van der Waals surface area contributed by atoms with Crippen molar-refractivity contribution in [2.45, 2.75) is 13.0 Å². The van der Waals surface area contributed by atoms with Gasteiger partial charge in [-0.3, -0.25) is 4.79 Å². The number of fused-ring (bicyclic) bond motifs is 1. The van der Waals surface area contributed by atoms with Crippen molar-refractivity contribution in [3.63, 3.8) is 0 Å². The first-order chi connectivity index (χ1) is 13.6. The first-order valence-electron chi connectivity index (χ1n) is 8.66. The molecule has 6 nitrogen and oxygen atoms in total. The van der Waals surface area contributed by atoms with Crippen molar-refractivity contribution >= 4 is 27.5 Å². The van der Waals surface area contributed by atoms with Crippen molar-refractivity contribution in [3.8, 4) is 17.2 Å².